The van der Waals surface area contributed by atoms with E-state index in [1.54, 1.807) is 31.1 Å². The zero-order valence-electron chi connectivity index (χ0n) is 20.9. The smallest absolute Gasteiger partial charge is 0.303 e. The summed E-state index contributed by atoms with van der Waals surface area (Å²) in [5.74, 6) is 0.986. The summed E-state index contributed by atoms with van der Waals surface area (Å²) in [5.41, 5.74) is 0.990. The van der Waals surface area contributed by atoms with Crippen LogP contribution in [-0.2, 0) is 14.3 Å². The molecule has 0 radical (unpaired) electrons. The van der Waals surface area contributed by atoms with E-state index in [1.165, 1.54) is 19.8 Å². The average Bonchev–Trinajstić information content (AvgIpc) is 3.61. The number of aliphatic hydroxyl groups excluding tert-OH is 1. The minimum absolute atomic E-state index is 0.144. The van der Waals surface area contributed by atoms with Crippen LogP contribution in [0.5, 0.6) is 11.5 Å². The second-order valence-electron chi connectivity index (χ2n) is 10.0. The Kier molecular flexibility index (Phi) is 7.36. The number of esters is 1. The van der Waals surface area contributed by atoms with Crippen molar-refractivity contribution in [2.24, 2.45) is 11.3 Å². The van der Waals surface area contributed by atoms with Gasteiger partial charge in [-0.25, -0.2) is 0 Å². The van der Waals surface area contributed by atoms with Crippen LogP contribution < -0.4 is 9.47 Å². The van der Waals surface area contributed by atoms with Gasteiger partial charge in [0.25, 0.3) is 5.91 Å². The standard InChI is InChI=1S/C28H35NO6/c1-18(30)28(3)17-29(27(32)26(35-19(2)31)21-8-6-5-7-9-21)15-23(28)22-12-13-24(33-4)25(14-22)34-16-20-10-11-20/h5-9,12-14,18,20,23,26,30H,10-11,15-17H2,1-4H3/t18-,23+,26?,28+/m1/s1. The number of rotatable bonds is 9. The van der Waals surface area contributed by atoms with Crippen molar-refractivity contribution in [1.29, 1.82) is 0 Å². The van der Waals surface area contributed by atoms with E-state index in [-0.39, 0.29) is 11.8 Å². The van der Waals surface area contributed by atoms with Crippen molar-refractivity contribution >= 4 is 11.9 Å². The van der Waals surface area contributed by atoms with Crippen LogP contribution in [0.2, 0.25) is 0 Å². The first-order chi connectivity index (χ1) is 16.7. The first-order valence-corrected chi connectivity index (χ1v) is 12.2. The molecule has 1 saturated carbocycles. The van der Waals surface area contributed by atoms with E-state index >= 15 is 0 Å². The Bertz CT molecular complexity index is 1050. The lowest BCUT2D eigenvalue weighted by molar-refractivity contribution is -0.159. The highest BCUT2D eigenvalue weighted by molar-refractivity contribution is 5.85. The van der Waals surface area contributed by atoms with Crippen molar-refractivity contribution in [3.8, 4) is 11.5 Å². The van der Waals surface area contributed by atoms with Gasteiger partial charge in [-0.3, -0.25) is 9.59 Å². The zero-order valence-corrected chi connectivity index (χ0v) is 20.9. The number of amides is 1. The molecule has 7 nitrogen and oxygen atoms in total. The molecule has 1 unspecified atom stereocenters. The molecule has 1 aliphatic heterocycles. The van der Waals surface area contributed by atoms with Gasteiger partial charge in [0.05, 0.1) is 19.8 Å². The van der Waals surface area contributed by atoms with Crippen molar-refractivity contribution in [2.75, 3.05) is 26.8 Å². The minimum atomic E-state index is -1.03. The third-order valence-electron chi connectivity index (χ3n) is 7.37. The highest BCUT2D eigenvalue weighted by Crippen LogP contribution is 2.47. The van der Waals surface area contributed by atoms with Crippen LogP contribution in [-0.4, -0.2) is 54.8 Å². The Hall–Kier alpha value is -3.06. The molecule has 2 aromatic carbocycles. The summed E-state index contributed by atoms with van der Waals surface area (Å²) in [5, 5.41) is 10.8. The van der Waals surface area contributed by atoms with Crippen LogP contribution in [0, 0.1) is 11.3 Å². The second-order valence-corrected chi connectivity index (χ2v) is 10.0. The lowest BCUT2D eigenvalue weighted by Crippen LogP contribution is -2.39. The van der Waals surface area contributed by atoms with Crippen molar-refractivity contribution in [3.63, 3.8) is 0 Å². The molecule has 0 aromatic heterocycles. The maximum atomic E-state index is 13.6. The van der Waals surface area contributed by atoms with E-state index in [0.717, 1.165) is 5.56 Å². The molecule has 4 atom stereocenters. The SMILES string of the molecule is COc1ccc([C@@H]2CN(C(=O)C(OC(C)=O)c3ccccc3)C[C@@]2(C)[C@@H](C)O)cc1OCC1CC1. The van der Waals surface area contributed by atoms with Gasteiger partial charge in [-0.05, 0) is 43.4 Å². The van der Waals surface area contributed by atoms with Crippen LogP contribution in [0.25, 0.3) is 0 Å². The number of methoxy groups -OCH3 is 1. The van der Waals surface area contributed by atoms with E-state index in [0.29, 0.717) is 42.7 Å². The van der Waals surface area contributed by atoms with Gasteiger partial charge in [0, 0.05) is 36.9 Å². The fourth-order valence-electron chi connectivity index (χ4n) is 4.83. The van der Waals surface area contributed by atoms with Gasteiger partial charge in [-0.2, -0.15) is 0 Å². The van der Waals surface area contributed by atoms with Gasteiger partial charge in [-0.1, -0.05) is 43.3 Å². The van der Waals surface area contributed by atoms with Crippen LogP contribution in [0.1, 0.15) is 56.8 Å². The number of hydrogen-bond acceptors (Lipinski definition) is 6. The van der Waals surface area contributed by atoms with Gasteiger partial charge < -0.3 is 24.2 Å². The number of aliphatic hydroxyl groups is 1. The van der Waals surface area contributed by atoms with Crippen molar-refractivity contribution in [3.05, 3.63) is 59.7 Å². The first kappa shape index (κ1) is 25.0. The molecule has 4 rings (SSSR count). The predicted octanol–water partition coefficient (Wildman–Crippen LogP) is 4.10. The lowest BCUT2D eigenvalue weighted by atomic mass is 9.72. The van der Waals surface area contributed by atoms with E-state index in [4.69, 9.17) is 14.2 Å². The normalized spacial score (nSPS) is 23.5. The van der Waals surface area contributed by atoms with Crippen molar-refractivity contribution in [2.45, 2.75) is 51.7 Å². The largest absolute Gasteiger partial charge is 0.493 e. The Morgan fingerprint density at radius 3 is 2.46 bits per heavy atom. The molecule has 0 bridgehead atoms. The molecule has 2 fully saturated rings. The Balaban J connectivity index is 1.63. The molecule has 0 spiro atoms. The zero-order chi connectivity index (χ0) is 25.2. The number of nitrogens with zero attached hydrogens (tertiary/aromatic N) is 1. The quantitative estimate of drug-likeness (QED) is 0.543. The molecule has 7 heteroatoms. The molecule has 2 aliphatic rings. The first-order valence-electron chi connectivity index (χ1n) is 12.2. The summed E-state index contributed by atoms with van der Waals surface area (Å²) in [4.78, 5) is 27.2. The van der Waals surface area contributed by atoms with E-state index in [1.807, 2.05) is 43.3 Å². The molecule has 2 aromatic rings. The summed E-state index contributed by atoms with van der Waals surface area (Å²) in [6.07, 6.45) is 0.672. The average molecular weight is 482 g/mol. The number of carbonyl (C=O) groups is 2. The molecule has 1 heterocycles. The van der Waals surface area contributed by atoms with Crippen LogP contribution >= 0.6 is 0 Å². The summed E-state index contributed by atoms with van der Waals surface area (Å²) >= 11 is 0. The van der Waals surface area contributed by atoms with E-state index in [9.17, 15) is 14.7 Å². The van der Waals surface area contributed by atoms with Crippen LogP contribution in [0.4, 0.5) is 0 Å². The Labute approximate surface area is 207 Å². The van der Waals surface area contributed by atoms with Gasteiger partial charge in [0.1, 0.15) is 0 Å². The monoisotopic (exact) mass is 481 g/mol. The maximum Gasteiger partial charge on any atom is 0.303 e. The number of likely N-dealkylation sites (tertiary alicyclic amines) is 1. The molecule has 35 heavy (non-hydrogen) atoms. The number of benzene rings is 2. The molecule has 1 N–H and O–H groups in total. The highest BCUT2D eigenvalue weighted by atomic mass is 16.5. The van der Waals surface area contributed by atoms with Crippen LogP contribution in [0.15, 0.2) is 48.5 Å². The Morgan fingerprint density at radius 1 is 1.14 bits per heavy atom. The van der Waals surface area contributed by atoms with Crippen molar-refractivity contribution in [1.82, 2.24) is 4.90 Å². The van der Waals surface area contributed by atoms with Gasteiger partial charge >= 0.3 is 5.97 Å². The summed E-state index contributed by atoms with van der Waals surface area (Å²) < 4.78 is 17.0. The summed E-state index contributed by atoms with van der Waals surface area (Å²) in [7, 11) is 1.62. The molecule has 188 valence electrons. The number of carbonyl (C=O) groups excluding carboxylic acids is 2. The molecule has 1 saturated heterocycles. The summed E-state index contributed by atoms with van der Waals surface area (Å²) in [6.45, 7) is 6.44. The van der Waals surface area contributed by atoms with Gasteiger partial charge in [0.2, 0.25) is 6.10 Å². The maximum absolute atomic E-state index is 13.6. The molecule has 1 aliphatic carbocycles. The fraction of sp³-hybridized carbons (Fsp3) is 0.500. The number of ether oxygens (including phenoxy) is 3. The second kappa shape index (κ2) is 10.3. The summed E-state index contributed by atoms with van der Waals surface area (Å²) in [6, 6.07) is 14.9. The molecule has 1 amide bonds. The highest BCUT2D eigenvalue weighted by Gasteiger charge is 2.49. The third-order valence-corrected chi connectivity index (χ3v) is 7.37. The van der Waals surface area contributed by atoms with Gasteiger partial charge in [0.15, 0.2) is 11.5 Å². The van der Waals surface area contributed by atoms with Gasteiger partial charge in [-0.15, -0.1) is 0 Å². The van der Waals surface area contributed by atoms with Crippen molar-refractivity contribution < 1.29 is 28.9 Å². The van der Waals surface area contributed by atoms with E-state index in [2.05, 4.69) is 0 Å². The number of hydrogen-bond donors (Lipinski definition) is 1. The predicted molar refractivity (Wildman–Crippen MR) is 131 cm³/mol. The van der Waals surface area contributed by atoms with Crippen LogP contribution in [0.3, 0.4) is 0 Å². The lowest BCUT2D eigenvalue weighted by Gasteiger charge is -2.34. The fourth-order valence-corrected chi connectivity index (χ4v) is 4.83. The Morgan fingerprint density at radius 2 is 1.86 bits per heavy atom. The minimum Gasteiger partial charge on any atom is -0.493 e. The topological polar surface area (TPSA) is 85.3 Å². The van der Waals surface area contributed by atoms with E-state index < -0.39 is 23.6 Å². The third kappa shape index (κ3) is 5.45. The molecular formula is C28H35NO6. The molecular weight excluding hydrogens is 446 g/mol.